The Hall–Kier alpha value is -3.74. The van der Waals surface area contributed by atoms with Crippen LogP contribution in [0, 0.1) is 13.8 Å². The number of fused-ring (bicyclic) bond motifs is 1. The molecule has 1 saturated heterocycles. The lowest BCUT2D eigenvalue weighted by Crippen LogP contribution is -2.47. The highest BCUT2D eigenvalue weighted by Crippen LogP contribution is 2.29. The number of rotatable bonds is 4. The van der Waals surface area contributed by atoms with Gasteiger partial charge >= 0.3 is 0 Å². The van der Waals surface area contributed by atoms with Crippen molar-refractivity contribution >= 4 is 17.6 Å². The van der Waals surface area contributed by atoms with Gasteiger partial charge in [0.25, 0.3) is 0 Å². The molecular weight excluding hydrogens is 390 g/mol. The van der Waals surface area contributed by atoms with Gasteiger partial charge in [-0.3, -0.25) is 10.0 Å². The molecule has 0 saturated carbocycles. The van der Waals surface area contributed by atoms with Gasteiger partial charge in [0, 0.05) is 6.20 Å². The van der Waals surface area contributed by atoms with Crippen molar-refractivity contribution in [2.24, 2.45) is 4.99 Å². The van der Waals surface area contributed by atoms with Crippen molar-refractivity contribution in [2.45, 2.75) is 13.8 Å². The third-order valence-corrected chi connectivity index (χ3v) is 5.49. The largest absolute Gasteiger partial charge is 0.495 e. The summed E-state index contributed by atoms with van der Waals surface area (Å²) in [7, 11) is 1.68. The van der Waals surface area contributed by atoms with Crippen LogP contribution in [0.5, 0.6) is 5.75 Å². The highest BCUT2D eigenvalue weighted by molar-refractivity contribution is 6.02. The number of amidine groups is 1. The van der Waals surface area contributed by atoms with Crippen molar-refractivity contribution in [2.75, 3.05) is 31.9 Å². The topological polar surface area (TPSA) is 55.1 Å². The van der Waals surface area contributed by atoms with Crippen molar-refractivity contribution in [1.82, 2.24) is 14.6 Å². The molecule has 5 rings (SSSR count). The fraction of sp³-hybridized carbons (Fsp3) is 0.250. The van der Waals surface area contributed by atoms with Crippen LogP contribution in [0.25, 0.3) is 11.8 Å². The maximum absolute atomic E-state index is 6.00. The Bertz CT molecular complexity index is 1160. The van der Waals surface area contributed by atoms with E-state index in [1.54, 1.807) is 13.4 Å². The van der Waals surface area contributed by atoms with Gasteiger partial charge in [-0.1, -0.05) is 23.8 Å². The van der Waals surface area contributed by atoms with E-state index in [-0.39, 0.29) is 0 Å². The van der Waals surface area contributed by atoms with Gasteiger partial charge < -0.3 is 14.0 Å². The molecule has 0 atom stereocenters. The van der Waals surface area contributed by atoms with Crippen LogP contribution < -0.4 is 9.75 Å². The minimum atomic E-state index is 0.585. The second-order valence-electron chi connectivity index (χ2n) is 7.69. The fourth-order valence-electron chi connectivity index (χ4n) is 3.89. The highest BCUT2D eigenvalue weighted by atomic mass is 16.5. The predicted molar refractivity (Wildman–Crippen MR) is 121 cm³/mol. The molecule has 3 heterocycles. The normalized spacial score (nSPS) is 16.9. The first-order valence-electron chi connectivity index (χ1n) is 10.3. The van der Waals surface area contributed by atoms with E-state index in [0.717, 1.165) is 46.5 Å². The first-order valence-corrected chi connectivity index (χ1v) is 10.3. The molecule has 0 unspecified atom stereocenters. The van der Waals surface area contributed by atoms with Crippen LogP contribution >= 0.6 is 0 Å². The van der Waals surface area contributed by atoms with Crippen LogP contribution in [0.15, 0.2) is 65.7 Å². The Morgan fingerprint density at radius 2 is 1.90 bits per heavy atom. The van der Waals surface area contributed by atoms with Gasteiger partial charge in [0.1, 0.15) is 19.0 Å². The van der Waals surface area contributed by atoms with E-state index >= 15 is 0 Å². The molecule has 0 radical (unpaired) electrons. The SMILES string of the molecule is COc1cc(C=C2OCCN3C2=NCN3c2ccc(C)cc2)ccc1-n1cnc(C)c1. The zero-order chi connectivity index (χ0) is 21.4. The summed E-state index contributed by atoms with van der Waals surface area (Å²) in [4.78, 5) is 9.06. The number of imidazole rings is 1. The van der Waals surface area contributed by atoms with Gasteiger partial charge in [0.15, 0.2) is 11.6 Å². The number of ether oxygens (including phenoxy) is 2. The number of aromatic nitrogens is 2. The maximum atomic E-state index is 6.00. The van der Waals surface area contributed by atoms with Crippen LogP contribution in [0.4, 0.5) is 5.69 Å². The summed E-state index contributed by atoms with van der Waals surface area (Å²) in [5.41, 5.74) is 5.27. The Morgan fingerprint density at radius 3 is 2.65 bits per heavy atom. The quantitative estimate of drug-likeness (QED) is 0.646. The zero-order valence-corrected chi connectivity index (χ0v) is 17.9. The number of anilines is 1. The number of hydrogen-bond donors (Lipinski definition) is 0. The second kappa shape index (κ2) is 7.83. The molecule has 158 valence electrons. The highest BCUT2D eigenvalue weighted by Gasteiger charge is 2.32. The molecular formula is C24H25N5O2. The Morgan fingerprint density at radius 1 is 1.06 bits per heavy atom. The Kier molecular flexibility index (Phi) is 4.86. The number of methoxy groups -OCH3 is 1. The summed E-state index contributed by atoms with van der Waals surface area (Å²) in [5, 5.41) is 4.38. The average molecular weight is 415 g/mol. The molecule has 0 amide bonds. The number of hydrogen-bond acceptors (Lipinski definition) is 6. The Labute approximate surface area is 181 Å². The minimum absolute atomic E-state index is 0.585. The number of aryl methyl sites for hydroxylation is 2. The van der Waals surface area contributed by atoms with Crippen LogP contribution in [-0.4, -0.2) is 47.3 Å². The molecule has 7 heteroatoms. The number of aliphatic imine (C=N–C) groups is 1. The van der Waals surface area contributed by atoms with Gasteiger partial charge in [0.2, 0.25) is 0 Å². The van der Waals surface area contributed by atoms with E-state index in [9.17, 15) is 0 Å². The lowest BCUT2D eigenvalue weighted by molar-refractivity contribution is 0.172. The molecule has 1 fully saturated rings. The number of nitrogens with zero attached hydrogens (tertiary/aromatic N) is 5. The van der Waals surface area contributed by atoms with Gasteiger partial charge in [-0.15, -0.1) is 0 Å². The van der Waals surface area contributed by atoms with E-state index in [0.29, 0.717) is 13.3 Å². The summed E-state index contributed by atoms with van der Waals surface area (Å²) in [6.45, 7) is 6.03. The minimum Gasteiger partial charge on any atom is -0.495 e. The van der Waals surface area contributed by atoms with Gasteiger partial charge in [-0.05, 0) is 49.8 Å². The molecule has 3 aromatic rings. The molecule has 0 bridgehead atoms. The van der Waals surface area contributed by atoms with Crippen LogP contribution in [0.1, 0.15) is 16.8 Å². The van der Waals surface area contributed by atoms with E-state index in [4.69, 9.17) is 14.5 Å². The molecule has 31 heavy (non-hydrogen) atoms. The van der Waals surface area contributed by atoms with Crippen LogP contribution in [-0.2, 0) is 4.74 Å². The molecule has 0 aliphatic carbocycles. The molecule has 7 nitrogen and oxygen atoms in total. The third-order valence-electron chi connectivity index (χ3n) is 5.49. The van der Waals surface area contributed by atoms with Crippen LogP contribution in [0.3, 0.4) is 0 Å². The zero-order valence-electron chi connectivity index (χ0n) is 17.9. The van der Waals surface area contributed by atoms with Crippen molar-refractivity contribution in [3.05, 3.63) is 77.6 Å². The number of benzene rings is 2. The second-order valence-corrected chi connectivity index (χ2v) is 7.69. The van der Waals surface area contributed by atoms with Crippen LogP contribution in [0.2, 0.25) is 0 Å². The standard InChI is InChI=1S/C24H25N5O2/c1-17-4-7-20(8-5-17)29-16-26-24-23(31-11-10-28(24)29)13-19-6-9-21(22(12-19)30-3)27-14-18(2)25-15-27/h4-9,12-15H,10-11,16H2,1-3H3. The molecule has 2 aliphatic heterocycles. The first kappa shape index (κ1) is 19.2. The Balaban J connectivity index is 1.42. The van der Waals surface area contributed by atoms with Crippen molar-refractivity contribution in [3.63, 3.8) is 0 Å². The number of hydrazine groups is 1. The molecule has 1 aromatic heterocycles. The fourth-order valence-corrected chi connectivity index (χ4v) is 3.89. The maximum Gasteiger partial charge on any atom is 0.187 e. The third kappa shape index (κ3) is 3.63. The predicted octanol–water partition coefficient (Wildman–Crippen LogP) is 3.96. The monoisotopic (exact) mass is 415 g/mol. The smallest absolute Gasteiger partial charge is 0.187 e. The van der Waals surface area contributed by atoms with E-state index in [1.165, 1.54) is 5.56 Å². The summed E-state index contributed by atoms with van der Waals surface area (Å²) in [5.74, 6) is 2.41. The van der Waals surface area contributed by atoms with Gasteiger partial charge in [-0.25, -0.2) is 9.98 Å². The van der Waals surface area contributed by atoms with Gasteiger partial charge in [-0.2, -0.15) is 0 Å². The molecule has 0 spiro atoms. The molecule has 2 aliphatic rings. The molecule has 0 N–H and O–H groups in total. The van der Waals surface area contributed by atoms with E-state index in [1.807, 2.05) is 35.9 Å². The summed E-state index contributed by atoms with van der Waals surface area (Å²) in [6, 6.07) is 14.6. The number of morpholine rings is 1. The van der Waals surface area contributed by atoms with Crippen molar-refractivity contribution in [3.8, 4) is 11.4 Å². The summed E-state index contributed by atoms with van der Waals surface area (Å²) in [6.07, 6.45) is 5.79. The lowest BCUT2D eigenvalue weighted by atomic mass is 10.1. The summed E-state index contributed by atoms with van der Waals surface area (Å²) < 4.78 is 13.6. The summed E-state index contributed by atoms with van der Waals surface area (Å²) >= 11 is 0. The lowest BCUT2D eigenvalue weighted by Gasteiger charge is -2.35. The van der Waals surface area contributed by atoms with E-state index < -0.39 is 0 Å². The van der Waals surface area contributed by atoms with E-state index in [2.05, 4.69) is 52.3 Å². The average Bonchev–Trinajstić information content (AvgIpc) is 3.41. The van der Waals surface area contributed by atoms with Crippen molar-refractivity contribution in [1.29, 1.82) is 0 Å². The van der Waals surface area contributed by atoms with Gasteiger partial charge in [0.05, 0.1) is 37.1 Å². The molecule has 2 aromatic carbocycles. The van der Waals surface area contributed by atoms with Crippen molar-refractivity contribution < 1.29 is 9.47 Å². The first-order chi connectivity index (χ1) is 15.1.